The van der Waals surface area contributed by atoms with Gasteiger partial charge in [0.2, 0.25) is 0 Å². The zero-order valence-electron chi connectivity index (χ0n) is 21.8. The van der Waals surface area contributed by atoms with Gasteiger partial charge in [0.1, 0.15) is 0 Å². The van der Waals surface area contributed by atoms with Crippen LogP contribution in [0.4, 0.5) is 0 Å². The number of hydrogen-bond acceptors (Lipinski definition) is 0. The minimum Gasteiger partial charge on any atom is -0.0761 e. The summed E-state index contributed by atoms with van der Waals surface area (Å²) >= 11 is 0. The van der Waals surface area contributed by atoms with Gasteiger partial charge in [0.05, 0.1) is 16.1 Å². The molecule has 0 bridgehead atoms. The van der Waals surface area contributed by atoms with Gasteiger partial charge in [0.25, 0.3) is 0 Å². The van der Waals surface area contributed by atoms with Crippen LogP contribution < -0.4 is 5.19 Å². The maximum Gasteiger partial charge on any atom is 0.0775 e. The third-order valence-corrected chi connectivity index (χ3v) is 15.0. The van der Waals surface area contributed by atoms with Crippen molar-refractivity contribution in [2.75, 3.05) is 0 Å². The first kappa shape index (κ1) is 23.3. The number of rotatable bonds is 4. The molecule has 0 saturated heterocycles. The van der Waals surface area contributed by atoms with Crippen molar-refractivity contribution in [1.29, 1.82) is 0 Å². The van der Waals surface area contributed by atoms with Crippen molar-refractivity contribution < 1.29 is 0 Å². The zero-order valence-corrected chi connectivity index (χ0v) is 23.8. The van der Waals surface area contributed by atoms with Crippen LogP contribution in [-0.4, -0.2) is 16.1 Å². The van der Waals surface area contributed by atoms with Gasteiger partial charge >= 0.3 is 0 Å². The van der Waals surface area contributed by atoms with Gasteiger partial charge in [-0.1, -0.05) is 97.6 Å². The van der Waals surface area contributed by atoms with Gasteiger partial charge in [-0.2, -0.15) is 0 Å². The summed E-state index contributed by atoms with van der Waals surface area (Å²) in [5, 5.41) is 1.53. The van der Waals surface area contributed by atoms with Gasteiger partial charge in [-0.05, 0) is 84.7 Å². The molecule has 32 heavy (non-hydrogen) atoms. The second-order valence-electron chi connectivity index (χ2n) is 11.8. The Morgan fingerprint density at radius 2 is 1.25 bits per heavy atom. The Labute approximate surface area is 198 Å². The van der Waals surface area contributed by atoms with Crippen molar-refractivity contribution >= 4 is 26.9 Å². The monoisotopic (exact) mass is 456 g/mol. The molecule has 1 atom stereocenters. The summed E-state index contributed by atoms with van der Waals surface area (Å²) in [5.74, 6) is 0. The Hall–Kier alpha value is -1.91. The molecule has 0 spiro atoms. The van der Waals surface area contributed by atoms with Crippen LogP contribution in [0.3, 0.4) is 0 Å². The average molecular weight is 457 g/mol. The van der Waals surface area contributed by atoms with Gasteiger partial charge in [-0.25, -0.2) is 0 Å². The molecule has 0 radical (unpaired) electrons. The van der Waals surface area contributed by atoms with E-state index < -0.39 is 16.1 Å². The van der Waals surface area contributed by atoms with Crippen molar-refractivity contribution in [3.63, 3.8) is 0 Å². The van der Waals surface area contributed by atoms with Crippen molar-refractivity contribution in [3.8, 4) is 11.1 Å². The highest BCUT2D eigenvalue weighted by Crippen LogP contribution is 2.54. The Kier molecular flexibility index (Phi) is 5.70. The topological polar surface area (TPSA) is 0 Å². The maximum absolute atomic E-state index is 2.62. The molecule has 0 amide bonds. The average Bonchev–Trinajstić information content (AvgIpc) is 3.18. The molecule has 0 saturated carbocycles. The minimum atomic E-state index is -1.68. The number of benzene rings is 2. The molecule has 0 heterocycles. The van der Waals surface area contributed by atoms with E-state index >= 15 is 0 Å². The fraction of sp³-hybridized carbons (Fsp3) is 0.400. The number of hydrogen-bond donors (Lipinski definition) is 0. The third kappa shape index (κ3) is 3.56. The Morgan fingerprint density at radius 1 is 0.688 bits per heavy atom. The van der Waals surface area contributed by atoms with Crippen LogP contribution in [0.1, 0.15) is 51.3 Å². The van der Waals surface area contributed by atoms with Crippen LogP contribution in [0.2, 0.25) is 38.3 Å². The van der Waals surface area contributed by atoms with E-state index in [4.69, 9.17) is 0 Å². The SMILES string of the molecule is CC1=CC([Si](C)(C)C2C(C)=C(C)C(C)=C2C)c2cccc(-c3ccc([Si](C)(C)C)cc3)c21. The third-order valence-electron chi connectivity index (χ3n) is 8.46. The standard InChI is InChI=1S/C30H40Si2/c1-19-18-28(32(9,10)30-22(4)20(2)21(3)23(30)5)27-13-11-12-26(29(19)27)24-14-16-25(17-15-24)31(6,7)8/h11-18,28,30H,1-10H3. The van der Waals surface area contributed by atoms with E-state index in [2.05, 4.69) is 116 Å². The Morgan fingerprint density at radius 3 is 1.78 bits per heavy atom. The highest BCUT2D eigenvalue weighted by atomic mass is 28.3. The molecule has 2 aromatic carbocycles. The van der Waals surface area contributed by atoms with Crippen LogP contribution in [0.15, 0.2) is 70.8 Å². The van der Waals surface area contributed by atoms with Gasteiger partial charge in [0, 0.05) is 0 Å². The molecule has 0 nitrogen and oxygen atoms in total. The van der Waals surface area contributed by atoms with Crippen molar-refractivity contribution in [2.24, 2.45) is 0 Å². The summed E-state index contributed by atoms with van der Waals surface area (Å²) in [5.41, 5.74) is 14.8. The lowest BCUT2D eigenvalue weighted by Gasteiger charge is -2.38. The molecule has 2 aromatic rings. The predicted octanol–water partition coefficient (Wildman–Crippen LogP) is 8.70. The Balaban J connectivity index is 1.79. The van der Waals surface area contributed by atoms with Gasteiger partial charge in [-0.3, -0.25) is 0 Å². The van der Waals surface area contributed by atoms with Crippen molar-refractivity contribution in [2.45, 2.75) is 78.4 Å². The largest absolute Gasteiger partial charge is 0.0775 e. The molecule has 168 valence electrons. The predicted molar refractivity (Wildman–Crippen MR) is 149 cm³/mol. The van der Waals surface area contributed by atoms with Crippen LogP contribution in [0.25, 0.3) is 16.7 Å². The minimum absolute atomic E-state index is 0.562. The van der Waals surface area contributed by atoms with E-state index in [1.807, 2.05) is 0 Å². The van der Waals surface area contributed by atoms with Gasteiger partial charge in [0.15, 0.2) is 0 Å². The van der Waals surface area contributed by atoms with Gasteiger partial charge in [-0.15, -0.1) is 0 Å². The van der Waals surface area contributed by atoms with Crippen molar-refractivity contribution in [1.82, 2.24) is 0 Å². The van der Waals surface area contributed by atoms with Crippen LogP contribution in [0, 0.1) is 0 Å². The zero-order chi connectivity index (χ0) is 23.6. The summed E-state index contributed by atoms with van der Waals surface area (Å²) in [6, 6.07) is 16.5. The molecule has 0 N–H and O–H groups in total. The smallest absolute Gasteiger partial charge is 0.0761 e. The van der Waals surface area contributed by atoms with E-state index in [0.29, 0.717) is 11.1 Å². The first-order valence-electron chi connectivity index (χ1n) is 12.1. The first-order chi connectivity index (χ1) is 14.9. The molecule has 2 aliphatic carbocycles. The molecule has 2 heteroatoms. The number of allylic oxidation sites excluding steroid dienone is 6. The lowest BCUT2D eigenvalue weighted by Crippen LogP contribution is -2.39. The van der Waals surface area contributed by atoms with E-state index in [-0.39, 0.29) is 0 Å². The molecule has 0 aromatic heterocycles. The fourth-order valence-corrected chi connectivity index (χ4v) is 12.3. The lowest BCUT2D eigenvalue weighted by atomic mass is 9.94. The summed E-state index contributed by atoms with van der Waals surface area (Å²) in [6.45, 7) is 24.3. The van der Waals surface area contributed by atoms with E-state index in [1.165, 1.54) is 38.6 Å². The molecule has 4 rings (SSSR count). The second kappa shape index (κ2) is 7.85. The molecule has 0 aliphatic heterocycles. The maximum atomic E-state index is 2.62. The summed E-state index contributed by atoms with van der Waals surface area (Å²) in [4.78, 5) is 0. The highest BCUT2D eigenvalue weighted by Gasteiger charge is 2.46. The quantitative estimate of drug-likeness (QED) is 0.403. The van der Waals surface area contributed by atoms with Crippen LogP contribution in [0.5, 0.6) is 0 Å². The Bertz CT molecular complexity index is 1140. The fourth-order valence-electron chi connectivity index (χ4n) is 6.34. The lowest BCUT2D eigenvalue weighted by molar-refractivity contribution is 1.00. The summed E-state index contributed by atoms with van der Waals surface area (Å²) in [7, 11) is -2.97. The van der Waals surface area contributed by atoms with Crippen molar-refractivity contribution in [3.05, 3.63) is 82.0 Å². The molecule has 1 unspecified atom stereocenters. The van der Waals surface area contributed by atoms with Crippen LogP contribution in [-0.2, 0) is 0 Å². The summed E-state index contributed by atoms with van der Waals surface area (Å²) < 4.78 is 0. The van der Waals surface area contributed by atoms with Gasteiger partial charge < -0.3 is 0 Å². The molecular formula is C30H40Si2. The van der Waals surface area contributed by atoms with E-state index in [1.54, 1.807) is 16.7 Å². The van der Waals surface area contributed by atoms with E-state index in [0.717, 1.165) is 0 Å². The molecule has 2 aliphatic rings. The van der Waals surface area contributed by atoms with Crippen LogP contribution >= 0.6 is 0 Å². The number of fused-ring (bicyclic) bond motifs is 1. The normalized spacial score (nSPS) is 19.7. The molecule has 0 fully saturated rings. The summed E-state index contributed by atoms with van der Waals surface area (Å²) in [6.07, 6.45) is 2.61. The van der Waals surface area contributed by atoms with E-state index in [9.17, 15) is 0 Å². The molecular weight excluding hydrogens is 417 g/mol. The first-order valence-corrected chi connectivity index (χ1v) is 18.8. The highest BCUT2D eigenvalue weighted by molar-refractivity contribution is 6.88. The second-order valence-corrected chi connectivity index (χ2v) is 21.7.